The maximum Gasteiger partial charge on any atom is 0.248 e. The van der Waals surface area contributed by atoms with Crippen molar-refractivity contribution in [2.24, 2.45) is 11.8 Å². The van der Waals surface area contributed by atoms with Crippen molar-refractivity contribution >= 4 is 5.91 Å². The number of rotatable bonds is 3. The van der Waals surface area contributed by atoms with Crippen LogP contribution in [0.1, 0.15) is 25.7 Å². The van der Waals surface area contributed by atoms with Gasteiger partial charge in [-0.15, -0.1) is 0 Å². The second kappa shape index (κ2) is 5.77. The van der Waals surface area contributed by atoms with E-state index in [0.29, 0.717) is 11.8 Å². The summed E-state index contributed by atoms with van der Waals surface area (Å²) in [6.45, 7) is 3.72. The van der Waals surface area contributed by atoms with Gasteiger partial charge in [0.25, 0.3) is 0 Å². The summed E-state index contributed by atoms with van der Waals surface area (Å²) >= 11 is 0. The first kappa shape index (κ1) is 13.3. The molecule has 2 aliphatic heterocycles. The number of carbonyl (C=O) groups is 1. The molecule has 3 rings (SSSR count). The second-order valence-corrected chi connectivity index (χ2v) is 6.13. The maximum atomic E-state index is 12.1. The van der Waals surface area contributed by atoms with Crippen LogP contribution in [-0.2, 0) is 9.53 Å². The molecule has 1 amide bonds. The van der Waals surface area contributed by atoms with E-state index in [1.165, 1.54) is 0 Å². The van der Waals surface area contributed by atoms with Crippen LogP contribution in [0.4, 0.5) is 0 Å². The molecule has 0 aromatic heterocycles. The van der Waals surface area contributed by atoms with Crippen LogP contribution in [0.25, 0.3) is 0 Å². The molecule has 3 atom stereocenters. The molecule has 2 saturated heterocycles. The highest BCUT2D eigenvalue weighted by atomic mass is 16.5. The van der Waals surface area contributed by atoms with Crippen LogP contribution >= 0.6 is 0 Å². The number of nitrogens with zero attached hydrogens (tertiary/aromatic N) is 1. The Hall–Kier alpha value is -0.650. The third kappa shape index (κ3) is 2.93. The van der Waals surface area contributed by atoms with Gasteiger partial charge in [0.1, 0.15) is 6.61 Å². The van der Waals surface area contributed by atoms with E-state index in [1.807, 2.05) is 4.90 Å². The molecule has 1 aliphatic carbocycles. The van der Waals surface area contributed by atoms with E-state index >= 15 is 0 Å². The normalized spacial score (nSPS) is 35.6. The molecule has 0 aromatic carbocycles. The maximum absolute atomic E-state index is 12.1. The molecule has 0 bridgehead atoms. The van der Waals surface area contributed by atoms with Crippen molar-refractivity contribution in [3.8, 4) is 0 Å². The Morgan fingerprint density at radius 1 is 1.21 bits per heavy atom. The number of hydrogen-bond acceptors (Lipinski definition) is 4. The average Bonchev–Trinajstić information content (AvgIpc) is 3.00. The highest BCUT2D eigenvalue weighted by Gasteiger charge is 2.43. The first-order valence-electron chi connectivity index (χ1n) is 7.52. The molecule has 1 saturated carbocycles. The van der Waals surface area contributed by atoms with Crippen LogP contribution in [-0.4, -0.2) is 60.9 Å². The van der Waals surface area contributed by atoms with Crippen LogP contribution in [0.2, 0.25) is 0 Å². The van der Waals surface area contributed by atoms with Crippen LogP contribution in [0.5, 0.6) is 0 Å². The number of carbonyl (C=O) groups excluding carboxylic acids is 1. The summed E-state index contributed by atoms with van der Waals surface area (Å²) in [4.78, 5) is 14.0. The number of piperidine rings is 1. The molecule has 2 N–H and O–H groups in total. The summed E-state index contributed by atoms with van der Waals surface area (Å²) in [6.07, 6.45) is 3.99. The van der Waals surface area contributed by atoms with E-state index in [2.05, 4.69) is 5.32 Å². The lowest BCUT2D eigenvalue weighted by molar-refractivity contribution is -0.138. The van der Waals surface area contributed by atoms with E-state index in [9.17, 15) is 9.90 Å². The van der Waals surface area contributed by atoms with Crippen LogP contribution < -0.4 is 5.32 Å². The molecular weight excluding hydrogens is 244 g/mol. The van der Waals surface area contributed by atoms with Crippen molar-refractivity contribution < 1.29 is 14.6 Å². The van der Waals surface area contributed by atoms with Crippen molar-refractivity contribution in [1.82, 2.24) is 10.2 Å². The molecule has 3 unspecified atom stereocenters. The van der Waals surface area contributed by atoms with Gasteiger partial charge in [-0.05, 0) is 44.7 Å². The smallest absolute Gasteiger partial charge is 0.248 e. The quantitative estimate of drug-likeness (QED) is 0.755. The summed E-state index contributed by atoms with van der Waals surface area (Å²) in [5, 5.41) is 13.1. The molecule has 19 heavy (non-hydrogen) atoms. The molecular formula is C14H24N2O3. The van der Waals surface area contributed by atoms with Gasteiger partial charge in [-0.25, -0.2) is 0 Å². The molecule has 0 aromatic rings. The van der Waals surface area contributed by atoms with Gasteiger partial charge in [0.2, 0.25) is 5.91 Å². The Morgan fingerprint density at radius 3 is 2.74 bits per heavy atom. The predicted molar refractivity (Wildman–Crippen MR) is 70.6 cm³/mol. The summed E-state index contributed by atoms with van der Waals surface area (Å²) in [5.74, 6) is 0.917. The molecule has 3 fully saturated rings. The van der Waals surface area contributed by atoms with Crippen molar-refractivity contribution in [2.75, 3.05) is 32.8 Å². The zero-order chi connectivity index (χ0) is 13.2. The van der Waals surface area contributed by atoms with Crippen molar-refractivity contribution in [3.05, 3.63) is 0 Å². The van der Waals surface area contributed by atoms with Gasteiger partial charge >= 0.3 is 0 Å². The fraction of sp³-hybridized carbons (Fsp3) is 0.929. The standard InChI is InChI=1S/C14H24N2O3/c17-13-2-1-10-7-16(8-12(10)13)14(18)9-19-11-3-5-15-6-4-11/h10-13,15,17H,1-9H2. The first-order valence-corrected chi connectivity index (χ1v) is 7.52. The van der Waals surface area contributed by atoms with E-state index < -0.39 is 0 Å². The monoisotopic (exact) mass is 268 g/mol. The van der Waals surface area contributed by atoms with Gasteiger partial charge in [-0.2, -0.15) is 0 Å². The number of amides is 1. The van der Waals surface area contributed by atoms with E-state index in [4.69, 9.17) is 4.74 Å². The van der Waals surface area contributed by atoms with Crippen molar-refractivity contribution in [2.45, 2.75) is 37.9 Å². The topological polar surface area (TPSA) is 61.8 Å². The van der Waals surface area contributed by atoms with Gasteiger partial charge < -0.3 is 20.1 Å². The van der Waals surface area contributed by atoms with E-state index in [1.54, 1.807) is 0 Å². The molecule has 5 nitrogen and oxygen atoms in total. The van der Waals surface area contributed by atoms with Gasteiger partial charge in [0.15, 0.2) is 0 Å². The zero-order valence-corrected chi connectivity index (χ0v) is 11.4. The number of aliphatic hydroxyl groups excluding tert-OH is 1. The van der Waals surface area contributed by atoms with Gasteiger partial charge in [0, 0.05) is 19.0 Å². The number of aliphatic hydroxyl groups is 1. The van der Waals surface area contributed by atoms with Crippen molar-refractivity contribution in [1.29, 1.82) is 0 Å². The number of likely N-dealkylation sites (tertiary alicyclic amines) is 1. The van der Waals surface area contributed by atoms with E-state index in [0.717, 1.165) is 51.9 Å². The molecule has 0 radical (unpaired) electrons. The highest BCUT2D eigenvalue weighted by Crippen LogP contribution is 2.38. The van der Waals surface area contributed by atoms with Gasteiger partial charge in [-0.1, -0.05) is 0 Å². The minimum absolute atomic E-state index is 0.0973. The predicted octanol–water partition coefficient (Wildman–Crippen LogP) is -0.0157. The minimum Gasteiger partial charge on any atom is -0.393 e. The largest absolute Gasteiger partial charge is 0.393 e. The lowest BCUT2D eigenvalue weighted by Crippen LogP contribution is -2.37. The fourth-order valence-corrected chi connectivity index (χ4v) is 3.68. The molecule has 3 aliphatic rings. The van der Waals surface area contributed by atoms with Crippen LogP contribution in [0.3, 0.4) is 0 Å². The molecule has 5 heteroatoms. The summed E-state index contributed by atoms with van der Waals surface area (Å²) in [6, 6.07) is 0. The van der Waals surface area contributed by atoms with Gasteiger partial charge in [0.05, 0.1) is 12.2 Å². The Kier molecular flexibility index (Phi) is 4.05. The number of ether oxygens (including phenoxy) is 1. The SMILES string of the molecule is O=C(COC1CCNCC1)N1CC2CCC(O)C2C1. The first-order chi connectivity index (χ1) is 9.24. The Labute approximate surface area is 114 Å². The summed E-state index contributed by atoms with van der Waals surface area (Å²) in [7, 11) is 0. The summed E-state index contributed by atoms with van der Waals surface area (Å²) < 4.78 is 5.71. The fourth-order valence-electron chi connectivity index (χ4n) is 3.68. The third-order valence-corrected chi connectivity index (χ3v) is 4.90. The second-order valence-electron chi connectivity index (χ2n) is 6.13. The van der Waals surface area contributed by atoms with Crippen molar-refractivity contribution in [3.63, 3.8) is 0 Å². The average molecular weight is 268 g/mol. The number of nitrogens with one attached hydrogen (secondary N) is 1. The Balaban J connectivity index is 1.44. The van der Waals surface area contributed by atoms with Gasteiger partial charge in [-0.3, -0.25) is 4.79 Å². The van der Waals surface area contributed by atoms with E-state index in [-0.39, 0.29) is 24.7 Å². The summed E-state index contributed by atoms with van der Waals surface area (Å²) in [5.41, 5.74) is 0. The van der Waals surface area contributed by atoms with Crippen LogP contribution in [0.15, 0.2) is 0 Å². The van der Waals surface area contributed by atoms with Crippen LogP contribution in [0, 0.1) is 11.8 Å². The lowest BCUT2D eigenvalue weighted by Gasteiger charge is -2.24. The zero-order valence-electron chi connectivity index (χ0n) is 11.4. The number of fused-ring (bicyclic) bond motifs is 1. The minimum atomic E-state index is -0.201. The lowest BCUT2D eigenvalue weighted by atomic mass is 10.00. The molecule has 2 heterocycles. The highest BCUT2D eigenvalue weighted by molar-refractivity contribution is 5.77. The Morgan fingerprint density at radius 2 is 2.00 bits per heavy atom. The molecule has 0 spiro atoms. The third-order valence-electron chi connectivity index (χ3n) is 4.90. The molecule has 108 valence electrons. The Bertz CT molecular complexity index is 331. The number of hydrogen-bond donors (Lipinski definition) is 2.